The van der Waals surface area contributed by atoms with Crippen molar-refractivity contribution in [2.24, 2.45) is 0 Å². The van der Waals surface area contributed by atoms with Gasteiger partial charge in [0.1, 0.15) is 0 Å². The second-order valence-electron chi connectivity index (χ2n) is 7.53. The topological polar surface area (TPSA) is 44.4 Å². The number of hydrogen-bond acceptors (Lipinski definition) is 3. The van der Waals surface area contributed by atoms with Gasteiger partial charge in [-0.3, -0.25) is 4.79 Å². The molecule has 0 radical (unpaired) electrons. The number of anilines is 2. The van der Waals surface area contributed by atoms with Crippen LogP contribution < -0.4 is 15.5 Å². The molecule has 1 heterocycles. The molecule has 1 aliphatic heterocycles. The monoisotopic (exact) mass is 343 g/mol. The molecular weight excluding hydrogens is 310 g/mol. The van der Waals surface area contributed by atoms with Crippen molar-refractivity contribution in [1.82, 2.24) is 5.32 Å². The van der Waals surface area contributed by atoms with E-state index in [1.165, 1.54) is 63.7 Å². The fraction of sp³-hybridized carbons (Fsp3) is 0.667. The second-order valence-corrected chi connectivity index (χ2v) is 7.53. The number of rotatable bonds is 6. The van der Waals surface area contributed by atoms with Crippen LogP contribution in [0.15, 0.2) is 24.3 Å². The van der Waals surface area contributed by atoms with Crippen LogP contribution in [0, 0.1) is 0 Å². The predicted octanol–water partition coefficient (Wildman–Crippen LogP) is 4.32. The second kappa shape index (κ2) is 9.69. The van der Waals surface area contributed by atoms with Crippen molar-refractivity contribution in [3.05, 3.63) is 24.3 Å². The number of piperidine rings is 1. The first kappa shape index (κ1) is 18.1. The third-order valence-corrected chi connectivity index (χ3v) is 5.49. The Bertz CT molecular complexity index is 514. The molecule has 0 bridgehead atoms. The Morgan fingerprint density at radius 3 is 2.24 bits per heavy atom. The van der Waals surface area contributed by atoms with Crippen molar-refractivity contribution >= 4 is 17.3 Å². The smallest absolute Gasteiger partial charge is 0.221 e. The van der Waals surface area contributed by atoms with E-state index in [0.717, 1.165) is 18.5 Å². The summed E-state index contributed by atoms with van der Waals surface area (Å²) in [5, 5.41) is 6.59. The van der Waals surface area contributed by atoms with Gasteiger partial charge in [-0.1, -0.05) is 25.7 Å². The van der Waals surface area contributed by atoms with Gasteiger partial charge >= 0.3 is 0 Å². The van der Waals surface area contributed by atoms with E-state index in [0.29, 0.717) is 19.0 Å². The molecule has 1 aliphatic carbocycles. The Morgan fingerprint density at radius 2 is 1.56 bits per heavy atom. The normalized spacial score (nSPS) is 19.3. The van der Waals surface area contributed by atoms with Crippen LogP contribution in [0.1, 0.15) is 64.2 Å². The number of carbonyl (C=O) groups is 1. The van der Waals surface area contributed by atoms with Crippen LogP contribution in [-0.2, 0) is 4.79 Å². The first-order valence-electron chi connectivity index (χ1n) is 10.2. The minimum absolute atomic E-state index is 0.185. The van der Waals surface area contributed by atoms with Crippen LogP contribution in [-0.4, -0.2) is 31.6 Å². The number of amides is 1. The Kier molecular flexibility index (Phi) is 7.01. The average molecular weight is 344 g/mol. The molecule has 4 nitrogen and oxygen atoms in total. The number of nitrogens with zero attached hydrogens (tertiary/aromatic N) is 1. The van der Waals surface area contributed by atoms with Crippen molar-refractivity contribution in [2.75, 3.05) is 29.9 Å². The molecule has 1 aromatic carbocycles. The van der Waals surface area contributed by atoms with Crippen molar-refractivity contribution in [3.63, 3.8) is 0 Å². The van der Waals surface area contributed by atoms with E-state index in [4.69, 9.17) is 0 Å². The molecule has 1 aromatic rings. The van der Waals surface area contributed by atoms with E-state index in [1.54, 1.807) is 0 Å². The van der Waals surface area contributed by atoms with Crippen molar-refractivity contribution in [1.29, 1.82) is 0 Å². The zero-order valence-electron chi connectivity index (χ0n) is 15.4. The van der Waals surface area contributed by atoms with E-state index >= 15 is 0 Å². The molecule has 2 aliphatic rings. The van der Waals surface area contributed by atoms with E-state index in [9.17, 15) is 4.79 Å². The molecule has 0 spiro atoms. The first-order chi connectivity index (χ1) is 12.3. The maximum atomic E-state index is 12.1. The van der Waals surface area contributed by atoms with Gasteiger partial charge in [0.25, 0.3) is 0 Å². The van der Waals surface area contributed by atoms with Crippen molar-refractivity contribution in [3.8, 4) is 0 Å². The highest BCUT2D eigenvalue weighted by atomic mass is 16.1. The molecule has 2 N–H and O–H groups in total. The van der Waals surface area contributed by atoms with Crippen LogP contribution in [0.5, 0.6) is 0 Å². The fourth-order valence-electron chi connectivity index (χ4n) is 3.99. The largest absolute Gasteiger partial charge is 0.385 e. The molecule has 138 valence electrons. The summed E-state index contributed by atoms with van der Waals surface area (Å²) in [5.41, 5.74) is 2.42. The van der Waals surface area contributed by atoms with Crippen LogP contribution in [0.25, 0.3) is 0 Å². The number of nitrogens with one attached hydrogen (secondary N) is 2. The lowest BCUT2D eigenvalue weighted by atomic mass is 10.1. The molecule has 4 heteroatoms. The lowest BCUT2D eigenvalue weighted by molar-refractivity contribution is -0.121. The van der Waals surface area contributed by atoms with E-state index in [1.807, 2.05) is 0 Å². The fourth-order valence-corrected chi connectivity index (χ4v) is 3.99. The van der Waals surface area contributed by atoms with Gasteiger partial charge in [-0.25, -0.2) is 0 Å². The van der Waals surface area contributed by atoms with Gasteiger partial charge in [0.05, 0.1) is 0 Å². The molecule has 25 heavy (non-hydrogen) atoms. The van der Waals surface area contributed by atoms with Crippen LogP contribution in [0.4, 0.5) is 11.4 Å². The summed E-state index contributed by atoms with van der Waals surface area (Å²) < 4.78 is 0. The summed E-state index contributed by atoms with van der Waals surface area (Å²) in [4.78, 5) is 14.6. The number of benzene rings is 1. The molecule has 1 amide bonds. The zero-order chi connectivity index (χ0) is 17.3. The van der Waals surface area contributed by atoms with Gasteiger partial charge in [0, 0.05) is 43.5 Å². The van der Waals surface area contributed by atoms with Gasteiger partial charge < -0.3 is 15.5 Å². The molecule has 2 fully saturated rings. The number of hydrogen-bond donors (Lipinski definition) is 2. The summed E-state index contributed by atoms with van der Waals surface area (Å²) >= 11 is 0. The summed E-state index contributed by atoms with van der Waals surface area (Å²) in [6.07, 6.45) is 12.0. The highest BCUT2D eigenvalue weighted by Gasteiger charge is 2.14. The molecule has 0 unspecified atom stereocenters. The van der Waals surface area contributed by atoms with Crippen LogP contribution >= 0.6 is 0 Å². The van der Waals surface area contributed by atoms with Crippen LogP contribution in [0.3, 0.4) is 0 Å². The molecule has 1 saturated heterocycles. The lowest BCUT2D eigenvalue weighted by Gasteiger charge is -2.28. The van der Waals surface area contributed by atoms with Gasteiger partial charge in [-0.15, -0.1) is 0 Å². The first-order valence-corrected chi connectivity index (χ1v) is 10.2. The van der Waals surface area contributed by atoms with Crippen molar-refractivity contribution in [2.45, 2.75) is 70.3 Å². The van der Waals surface area contributed by atoms with Gasteiger partial charge in [0.2, 0.25) is 5.91 Å². The minimum Gasteiger partial charge on any atom is -0.385 e. The van der Waals surface area contributed by atoms with Crippen LogP contribution in [0.2, 0.25) is 0 Å². The Labute approximate surface area is 152 Å². The molecule has 0 atom stereocenters. The van der Waals surface area contributed by atoms with E-state index < -0.39 is 0 Å². The summed E-state index contributed by atoms with van der Waals surface area (Å²) in [5.74, 6) is 0.185. The maximum absolute atomic E-state index is 12.1. The van der Waals surface area contributed by atoms with Gasteiger partial charge in [-0.05, 0) is 56.4 Å². The lowest BCUT2D eigenvalue weighted by Crippen LogP contribution is -2.35. The van der Waals surface area contributed by atoms with Gasteiger partial charge in [0.15, 0.2) is 0 Å². The number of carbonyl (C=O) groups excluding carboxylic acids is 1. The maximum Gasteiger partial charge on any atom is 0.221 e. The molecule has 3 rings (SSSR count). The van der Waals surface area contributed by atoms with E-state index in [2.05, 4.69) is 39.8 Å². The Hall–Kier alpha value is -1.71. The summed E-state index contributed by atoms with van der Waals surface area (Å²) in [7, 11) is 0. The van der Waals surface area contributed by atoms with E-state index in [-0.39, 0.29) is 5.91 Å². The average Bonchev–Trinajstić information content (AvgIpc) is 2.92. The standard InChI is InChI=1S/C21H33N3O/c25-21(23-19-8-4-1-2-5-9-19)14-15-22-18-10-12-20(13-11-18)24-16-6-3-7-17-24/h10-13,19,22H,1-9,14-17H2,(H,23,25). The summed E-state index contributed by atoms with van der Waals surface area (Å²) in [6, 6.07) is 9.05. The predicted molar refractivity (Wildman–Crippen MR) is 105 cm³/mol. The van der Waals surface area contributed by atoms with Crippen molar-refractivity contribution < 1.29 is 4.79 Å². The van der Waals surface area contributed by atoms with Gasteiger partial charge in [-0.2, -0.15) is 0 Å². The Balaban J connectivity index is 1.37. The Morgan fingerprint density at radius 1 is 0.920 bits per heavy atom. The zero-order valence-corrected chi connectivity index (χ0v) is 15.4. The highest BCUT2D eigenvalue weighted by Crippen LogP contribution is 2.22. The molecular formula is C21H33N3O. The highest BCUT2D eigenvalue weighted by molar-refractivity contribution is 5.76. The quantitative estimate of drug-likeness (QED) is 0.756. The third kappa shape index (κ3) is 5.94. The third-order valence-electron chi connectivity index (χ3n) is 5.49. The summed E-state index contributed by atoms with van der Waals surface area (Å²) in [6.45, 7) is 3.05. The minimum atomic E-state index is 0.185. The SMILES string of the molecule is O=C(CCNc1ccc(N2CCCCC2)cc1)NC1CCCCCC1. The molecule has 1 saturated carbocycles. The molecule has 0 aromatic heterocycles.